The Hall–Kier alpha value is -2.48. The van der Waals surface area contributed by atoms with Gasteiger partial charge in [0.15, 0.2) is 6.61 Å². The van der Waals surface area contributed by atoms with Crippen LogP contribution >= 0.6 is 11.3 Å². The Morgan fingerprint density at radius 3 is 2.92 bits per heavy atom. The lowest BCUT2D eigenvalue weighted by Gasteiger charge is -1.97. The number of hydrogen-bond acceptors (Lipinski definition) is 7. The SMILES string of the molecule is CCCCc1noc(C)c1C=Cc1ncc(C(=O)OCC(N)=O)s1. The summed E-state index contributed by atoms with van der Waals surface area (Å²) in [5.41, 5.74) is 6.80. The zero-order chi connectivity index (χ0) is 17.5. The van der Waals surface area contributed by atoms with Crippen LogP contribution in [0, 0.1) is 6.92 Å². The van der Waals surface area contributed by atoms with Gasteiger partial charge in [0.05, 0.1) is 11.9 Å². The third kappa shape index (κ3) is 4.76. The molecular weight excluding hydrogens is 330 g/mol. The molecule has 0 saturated heterocycles. The molecule has 0 aliphatic rings. The van der Waals surface area contributed by atoms with E-state index < -0.39 is 18.5 Å². The molecule has 0 unspecified atom stereocenters. The number of nitrogens with two attached hydrogens (primary N) is 1. The predicted molar refractivity (Wildman–Crippen MR) is 90.4 cm³/mol. The molecule has 0 radical (unpaired) electrons. The van der Waals surface area contributed by atoms with Crippen molar-refractivity contribution in [3.63, 3.8) is 0 Å². The maximum absolute atomic E-state index is 11.7. The van der Waals surface area contributed by atoms with E-state index in [4.69, 9.17) is 15.0 Å². The number of unbranched alkanes of at least 4 members (excludes halogenated alkanes) is 1. The van der Waals surface area contributed by atoms with Gasteiger partial charge < -0.3 is 15.0 Å². The van der Waals surface area contributed by atoms with Crippen molar-refractivity contribution >= 4 is 35.4 Å². The zero-order valence-corrected chi connectivity index (χ0v) is 14.4. The summed E-state index contributed by atoms with van der Waals surface area (Å²) >= 11 is 1.17. The third-order valence-electron chi connectivity index (χ3n) is 3.21. The minimum Gasteiger partial charge on any atom is -0.451 e. The lowest BCUT2D eigenvalue weighted by molar-refractivity contribution is -0.121. The first-order valence-electron chi connectivity index (χ1n) is 7.55. The van der Waals surface area contributed by atoms with E-state index in [0.717, 1.165) is 36.3 Å². The van der Waals surface area contributed by atoms with Crippen LogP contribution in [0.3, 0.4) is 0 Å². The molecule has 2 aromatic rings. The molecular formula is C16H19N3O4S. The molecule has 128 valence electrons. The van der Waals surface area contributed by atoms with Crippen LogP contribution in [0.1, 0.15) is 51.5 Å². The largest absolute Gasteiger partial charge is 0.451 e. The summed E-state index contributed by atoms with van der Waals surface area (Å²) in [7, 11) is 0. The number of thiazole rings is 1. The lowest BCUT2D eigenvalue weighted by Crippen LogP contribution is -2.20. The second-order valence-electron chi connectivity index (χ2n) is 5.14. The molecule has 8 heteroatoms. The van der Waals surface area contributed by atoms with Crippen LogP contribution in [-0.2, 0) is 16.0 Å². The van der Waals surface area contributed by atoms with Crippen LogP contribution in [0.5, 0.6) is 0 Å². The van der Waals surface area contributed by atoms with Crippen LogP contribution in [-0.4, -0.2) is 28.6 Å². The van der Waals surface area contributed by atoms with Crippen LogP contribution in [0.25, 0.3) is 12.2 Å². The molecule has 0 saturated carbocycles. The molecule has 0 aliphatic carbocycles. The number of carbonyl (C=O) groups excluding carboxylic acids is 2. The Morgan fingerprint density at radius 2 is 2.21 bits per heavy atom. The molecule has 7 nitrogen and oxygen atoms in total. The number of nitrogens with zero attached hydrogens (tertiary/aromatic N) is 2. The molecule has 2 N–H and O–H groups in total. The number of aromatic nitrogens is 2. The van der Waals surface area contributed by atoms with E-state index >= 15 is 0 Å². The van der Waals surface area contributed by atoms with Crippen LogP contribution in [0.15, 0.2) is 10.7 Å². The fraction of sp³-hybridized carbons (Fsp3) is 0.375. The quantitative estimate of drug-likeness (QED) is 0.734. The topological polar surface area (TPSA) is 108 Å². The summed E-state index contributed by atoms with van der Waals surface area (Å²) in [6, 6.07) is 0. The Labute approximate surface area is 143 Å². The second kappa shape index (κ2) is 8.39. The summed E-state index contributed by atoms with van der Waals surface area (Å²) in [5.74, 6) is -0.568. The van der Waals surface area contributed by atoms with Crippen molar-refractivity contribution in [3.8, 4) is 0 Å². The summed E-state index contributed by atoms with van der Waals surface area (Å²) in [6.45, 7) is 3.54. The van der Waals surface area contributed by atoms with Crippen molar-refractivity contribution in [2.45, 2.75) is 33.1 Å². The van der Waals surface area contributed by atoms with Crippen molar-refractivity contribution in [3.05, 3.63) is 33.1 Å². The number of ether oxygens (including phenoxy) is 1. The van der Waals surface area contributed by atoms with Gasteiger partial charge in [0, 0.05) is 5.56 Å². The fourth-order valence-corrected chi connectivity index (χ4v) is 2.70. The molecule has 2 rings (SSSR count). The number of hydrogen-bond donors (Lipinski definition) is 1. The van der Waals surface area contributed by atoms with E-state index in [1.807, 2.05) is 13.0 Å². The van der Waals surface area contributed by atoms with E-state index in [-0.39, 0.29) is 0 Å². The molecule has 0 aliphatic heterocycles. The number of aryl methyl sites for hydroxylation is 2. The van der Waals surface area contributed by atoms with E-state index in [9.17, 15) is 9.59 Å². The fourth-order valence-electron chi connectivity index (χ4n) is 1.98. The van der Waals surface area contributed by atoms with Gasteiger partial charge in [0.1, 0.15) is 15.6 Å². The minimum absolute atomic E-state index is 0.309. The van der Waals surface area contributed by atoms with Crippen molar-refractivity contribution in [2.24, 2.45) is 5.73 Å². The van der Waals surface area contributed by atoms with Gasteiger partial charge in [-0.1, -0.05) is 18.5 Å². The highest BCUT2D eigenvalue weighted by Crippen LogP contribution is 2.21. The van der Waals surface area contributed by atoms with E-state index in [2.05, 4.69) is 17.1 Å². The molecule has 24 heavy (non-hydrogen) atoms. The predicted octanol–water partition coefficient (Wildman–Crippen LogP) is 2.59. The number of esters is 1. The van der Waals surface area contributed by atoms with E-state index in [0.29, 0.717) is 9.88 Å². The molecule has 0 spiro atoms. The number of carbonyl (C=O) groups is 2. The summed E-state index contributed by atoms with van der Waals surface area (Å²) < 4.78 is 9.99. The average Bonchev–Trinajstić information content (AvgIpc) is 3.15. The third-order valence-corrected chi connectivity index (χ3v) is 4.16. The van der Waals surface area contributed by atoms with Crippen molar-refractivity contribution < 1.29 is 18.8 Å². The van der Waals surface area contributed by atoms with Crippen LogP contribution in [0.2, 0.25) is 0 Å². The maximum atomic E-state index is 11.7. The molecule has 0 fully saturated rings. The summed E-state index contributed by atoms with van der Waals surface area (Å²) in [5, 5.41) is 4.72. The Morgan fingerprint density at radius 1 is 1.42 bits per heavy atom. The zero-order valence-electron chi connectivity index (χ0n) is 13.6. The lowest BCUT2D eigenvalue weighted by atomic mass is 10.1. The van der Waals surface area contributed by atoms with Gasteiger partial charge in [0.25, 0.3) is 5.91 Å². The maximum Gasteiger partial charge on any atom is 0.350 e. The smallest absolute Gasteiger partial charge is 0.350 e. The number of primary amides is 1. The van der Waals surface area contributed by atoms with Gasteiger partial charge in [-0.15, -0.1) is 11.3 Å². The van der Waals surface area contributed by atoms with Gasteiger partial charge in [-0.3, -0.25) is 4.79 Å². The van der Waals surface area contributed by atoms with Crippen LogP contribution < -0.4 is 5.73 Å². The highest BCUT2D eigenvalue weighted by molar-refractivity contribution is 7.14. The van der Waals surface area contributed by atoms with Gasteiger partial charge in [-0.25, -0.2) is 9.78 Å². The Balaban J connectivity index is 2.06. The van der Waals surface area contributed by atoms with Crippen molar-refractivity contribution in [1.29, 1.82) is 0 Å². The Bertz CT molecular complexity index is 748. The van der Waals surface area contributed by atoms with Gasteiger partial charge in [-0.2, -0.15) is 0 Å². The monoisotopic (exact) mass is 349 g/mol. The van der Waals surface area contributed by atoms with Gasteiger partial charge in [0.2, 0.25) is 0 Å². The second-order valence-corrected chi connectivity index (χ2v) is 6.20. The first-order chi connectivity index (χ1) is 11.5. The summed E-state index contributed by atoms with van der Waals surface area (Å²) in [4.78, 5) is 26.8. The van der Waals surface area contributed by atoms with Gasteiger partial charge in [-0.05, 0) is 31.9 Å². The minimum atomic E-state index is -0.699. The number of amides is 1. The number of rotatable bonds is 8. The van der Waals surface area contributed by atoms with Crippen molar-refractivity contribution in [1.82, 2.24) is 10.1 Å². The Kier molecular flexibility index (Phi) is 6.25. The molecule has 0 atom stereocenters. The van der Waals surface area contributed by atoms with Crippen LogP contribution in [0.4, 0.5) is 0 Å². The first-order valence-corrected chi connectivity index (χ1v) is 8.37. The standard InChI is InChI=1S/C16H19N3O4S/c1-3-4-5-12-11(10(2)23-19-12)6-7-15-18-8-13(24-15)16(21)22-9-14(17)20/h6-8H,3-5,9H2,1-2H3,(H2,17,20). The molecule has 1 amide bonds. The highest BCUT2D eigenvalue weighted by Gasteiger charge is 2.13. The van der Waals surface area contributed by atoms with Gasteiger partial charge >= 0.3 is 5.97 Å². The molecule has 2 aromatic heterocycles. The normalized spacial score (nSPS) is 11.1. The van der Waals surface area contributed by atoms with E-state index in [1.165, 1.54) is 17.5 Å². The molecule has 2 heterocycles. The first kappa shape index (κ1) is 17.9. The summed E-state index contributed by atoms with van der Waals surface area (Å²) in [6.07, 6.45) is 8.07. The highest BCUT2D eigenvalue weighted by atomic mass is 32.1. The molecule has 0 bridgehead atoms. The van der Waals surface area contributed by atoms with E-state index in [1.54, 1.807) is 6.08 Å². The molecule has 0 aromatic carbocycles. The average molecular weight is 349 g/mol. The van der Waals surface area contributed by atoms with Crippen molar-refractivity contribution in [2.75, 3.05) is 6.61 Å².